The maximum absolute atomic E-state index is 12.7. The quantitative estimate of drug-likeness (QED) is 0.577. The highest BCUT2D eigenvalue weighted by Crippen LogP contribution is 2.45. The number of carbonyl (C=O) groups is 2. The number of carbonyl (C=O) groups excluding carboxylic acids is 2. The Balaban J connectivity index is 2.17. The lowest BCUT2D eigenvalue weighted by atomic mass is 9.84. The topological polar surface area (TPSA) is 55.8 Å². The Morgan fingerprint density at radius 2 is 2.00 bits per heavy atom. The van der Waals surface area contributed by atoms with Gasteiger partial charge in [0.15, 0.2) is 5.92 Å². The smallest absolute Gasteiger partial charge is 0.322 e. The molecule has 0 radical (unpaired) electrons. The molecule has 0 bridgehead atoms. The van der Waals surface area contributed by atoms with E-state index in [0.717, 1.165) is 11.1 Å². The molecular weight excluding hydrogens is 258 g/mol. The molecule has 2 aliphatic heterocycles. The van der Waals surface area contributed by atoms with E-state index >= 15 is 0 Å². The number of methoxy groups -OCH3 is 1. The van der Waals surface area contributed by atoms with Gasteiger partial charge in [0, 0.05) is 0 Å². The number of fused-ring (bicyclic) bond motifs is 3. The van der Waals surface area contributed by atoms with Crippen LogP contribution in [0.2, 0.25) is 0 Å². The lowest BCUT2D eigenvalue weighted by Gasteiger charge is -2.40. The molecule has 20 heavy (non-hydrogen) atoms. The second-order valence-electron chi connectivity index (χ2n) is 5.57. The summed E-state index contributed by atoms with van der Waals surface area (Å²) < 4.78 is 10.5. The molecular formula is C15H17NO4. The fourth-order valence-corrected chi connectivity index (χ4v) is 3.15. The Morgan fingerprint density at radius 1 is 1.35 bits per heavy atom. The van der Waals surface area contributed by atoms with E-state index in [9.17, 15) is 9.59 Å². The minimum atomic E-state index is -0.895. The second-order valence-corrected chi connectivity index (χ2v) is 5.57. The van der Waals surface area contributed by atoms with Crippen molar-refractivity contribution < 1.29 is 19.1 Å². The molecule has 2 unspecified atom stereocenters. The Kier molecular flexibility index (Phi) is 2.83. The molecule has 0 aromatic heterocycles. The number of rotatable bonds is 1. The van der Waals surface area contributed by atoms with Crippen LogP contribution in [0, 0.1) is 0 Å². The summed E-state index contributed by atoms with van der Waals surface area (Å²) in [6, 6.07) is 7.37. The Labute approximate surface area is 117 Å². The zero-order valence-corrected chi connectivity index (χ0v) is 11.8. The third-order valence-corrected chi connectivity index (χ3v) is 4.07. The molecule has 1 aromatic carbocycles. The molecule has 0 aliphatic carbocycles. The first-order valence-corrected chi connectivity index (χ1v) is 6.61. The predicted octanol–water partition coefficient (Wildman–Crippen LogP) is 1.59. The number of benzene rings is 1. The van der Waals surface area contributed by atoms with Gasteiger partial charge in [-0.1, -0.05) is 24.3 Å². The van der Waals surface area contributed by atoms with Crippen molar-refractivity contribution in [1.82, 2.24) is 4.90 Å². The molecule has 1 aromatic rings. The summed E-state index contributed by atoms with van der Waals surface area (Å²) >= 11 is 0. The van der Waals surface area contributed by atoms with Gasteiger partial charge in [-0.15, -0.1) is 0 Å². The number of amides is 1. The monoisotopic (exact) mass is 275 g/mol. The summed E-state index contributed by atoms with van der Waals surface area (Å²) in [6.45, 7) is 4.13. The molecule has 2 aliphatic rings. The summed E-state index contributed by atoms with van der Waals surface area (Å²) in [6.07, 6.45) is 0. The molecule has 1 saturated heterocycles. The molecule has 5 nitrogen and oxygen atoms in total. The largest absolute Gasteiger partial charge is 0.468 e. The van der Waals surface area contributed by atoms with Crippen molar-refractivity contribution in [2.45, 2.75) is 31.5 Å². The first-order valence-electron chi connectivity index (χ1n) is 6.61. The fraction of sp³-hybridized carbons (Fsp3) is 0.467. The maximum Gasteiger partial charge on any atom is 0.322 e. The highest BCUT2D eigenvalue weighted by Gasteiger charge is 2.52. The molecule has 0 saturated carbocycles. The standard InChI is InChI=1S/C15H17NO4/c1-15(2)16-11(8-20-15)9-6-4-5-7-10(9)12(13(16)17)14(18)19-3/h4-7,11-12H,8H2,1-3H3. The fourth-order valence-electron chi connectivity index (χ4n) is 3.15. The summed E-state index contributed by atoms with van der Waals surface area (Å²) in [5.41, 5.74) is 0.988. The number of esters is 1. The van der Waals surface area contributed by atoms with Crippen LogP contribution in [0.5, 0.6) is 0 Å². The zero-order chi connectivity index (χ0) is 14.5. The first-order chi connectivity index (χ1) is 9.47. The Hall–Kier alpha value is -1.88. The van der Waals surface area contributed by atoms with Gasteiger partial charge in [-0.05, 0) is 25.0 Å². The van der Waals surface area contributed by atoms with Gasteiger partial charge >= 0.3 is 5.97 Å². The van der Waals surface area contributed by atoms with E-state index in [1.165, 1.54) is 7.11 Å². The summed E-state index contributed by atoms with van der Waals surface area (Å²) in [5.74, 6) is -1.67. The summed E-state index contributed by atoms with van der Waals surface area (Å²) in [5, 5.41) is 0. The minimum absolute atomic E-state index is 0.130. The van der Waals surface area contributed by atoms with Crippen molar-refractivity contribution in [2.24, 2.45) is 0 Å². The van der Waals surface area contributed by atoms with Gasteiger partial charge in [-0.2, -0.15) is 0 Å². The van der Waals surface area contributed by atoms with E-state index in [-0.39, 0.29) is 11.9 Å². The van der Waals surface area contributed by atoms with Gasteiger partial charge in [0.1, 0.15) is 5.72 Å². The number of hydrogen-bond donors (Lipinski definition) is 0. The normalized spacial score (nSPS) is 26.9. The van der Waals surface area contributed by atoms with E-state index in [4.69, 9.17) is 9.47 Å². The SMILES string of the molecule is COC(=O)C1C(=O)N2C(COC2(C)C)c2ccccc21. The van der Waals surface area contributed by atoms with Crippen molar-refractivity contribution in [2.75, 3.05) is 13.7 Å². The molecule has 2 atom stereocenters. The van der Waals surface area contributed by atoms with Crippen molar-refractivity contribution >= 4 is 11.9 Å². The van der Waals surface area contributed by atoms with Crippen molar-refractivity contribution in [3.05, 3.63) is 35.4 Å². The average molecular weight is 275 g/mol. The molecule has 2 heterocycles. The van der Waals surface area contributed by atoms with E-state index in [0.29, 0.717) is 6.61 Å². The second kappa shape index (κ2) is 4.31. The van der Waals surface area contributed by atoms with E-state index < -0.39 is 17.6 Å². The predicted molar refractivity (Wildman–Crippen MR) is 70.8 cm³/mol. The van der Waals surface area contributed by atoms with Crippen molar-refractivity contribution in [1.29, 1.82) is 0 Å². The van der Waals surface area contributed by atoms with E-state index in [2.05, 4.69) is 0 Å². The van der Waals surface area contributed by atoms with Crippen LogP contribution in [-0.2, 0) is 19.1 Å². The molecule has 5 heteroatoms. The molecule has 1 fully saturated rings. The van der Waals surface area contributed by atoms with Gasteiger partial charge in [0.2, 0.25) is 5.91 Å². The van der Waals surface area contributed by atoms with Crippen LogP contribution in [0.15, 0.2) is 24.3 Å². The molecule has 106 valence electrons. The highest BCUT2D eigenvalue weighted by molar-refractivity contribution is 6.05. The molecule has 0 N–H and O–H groups in total. The third-order valence-electron chi connectivity index (χ3n) is 4.07. The van der Waals surface area contributed by atoms with Crippen molar-refractivity contribution in [3.63, 3.8) is 0 Å². The lowest BCUT2D eigenvalue weighted by Crippen LogP contribution is -2.51. The van der Waals surface area contributed by atoms with Crippen LogP contribution < -0.4 is 0 Å². The third kappa shape index (κ3) is 1.66. The van der Waals surface area contributed by atoms with Gasteiger partial charge in [0.05, 0.1) is 19.8 Å². The van der Waals surface area contributed by atoms with Crippen LogP contribution in [-0.4, -0.2) is 36.2 Å². The number of hydrogen-bond acceptors (Lipinski definition) is 4. The van der Waals surface area contributed by atoms with E-state index in [1.807, 2.05) is 38.1 Å². The molecule has 1 amide bonds. The average Bonchev–Trinajstić information content (AvgIpc) is 2.75. The van der Waals surface area contributed by atoms with Crippen LogP contribution in [0.3, 0.4) is 0 Å². The molecule has 3 rings (SSSR count). The van der Waals surface area contributed by atoms with E-state index in [1.54, 1.807) is 4.90 Å². The van der Waals surface area contributed by atoms with Gasteiger partial charge in [0.25, 0.3) is 0 Å². The van der Waals surface area contributed by atoms with Gasteiger partial charge in [-0.3, -0.25) is 9.59 Å². The molecule has 0 spiro atoms. The zero-order valence-electron chi connectivity index (χ0n) is 11.8. The first kappa shape index (κ1) is 13.1. The van der Waals surface area contributed by atoms with Gasteiger partial charge in [-0.25, -0.2) is 0 Å². The maximum atomic E-state index is 12.7. The highest BCUT2D eigenvalue weighted by atomic mass is 16.5. The Morgan fingerprint density at radius 3 is 2.65 bits per heavy atom. The van der Waals surface area contributed by atoms with Crippen molar-refractivity contribution in [3.8, 4) is 0 Å². The summed E-state index contributed by atoms with van der Waals surface area (Å²) in [4.78, 5) is 26.4. The lowest BCUT2D eigenvalue weighted by molar-refractivity contribution is -0.158. The Bertz CT molecular complexity index is 581. The number of ether oxygens (including phenoxy) is 2. The minimum Gasteiger partial charge on any atom is -0.468 e. The van der Waals surface area contributed by atoms with Crippen LogP contribution in [0.25, 0.3) is 0 Å². The summed E-state index contributed by atoms with van der Waals surface area (Å²) in [7, 11) is 1.30. The van der Waals surface area contributed by atoms with Crippen LogP contribution >= 0.6 is 0 Å². The van der Waals surface area contributed by atoms with Crippen LogP contribution in [0.1, 0.15) is 36.9 Å². The van der Waals surface area contributed by atoms with Crippen LogP contribution in [0.4, 0.5) is 0 Å². The number of nitrogens with zero attached hydrogens (tertiary/aromatic N) is 1. The van der Waals surface area contributed by atoms with Gasteiger partial charge < -0.3 is 14.4 Å².